The molecule has 0 spiro atoms. The summed E-state index contributed by atoms with van der Waals surface area (Å²) in [6.45, 7) is 5.95. The number of nitrogens with zero attached hydrogens (tertiary/aromatic N) is 2. The zero-order valence-electron chi connectivity index (χ0n) is 17.3. The molecule has 1 aromatic carbocycles. The predicted molar refractivity (Wildman–Crippen MR) is 112 cm³/mol. The third kappa shape index (κ3) is 4.07. The SMILES string of the molecule is CN1C(=O)N(CCC(C(=O)C(C)(C)C(=O)O)C(=S)c2ccccc2)C(=O)C1(C)C. The molecule has 0 bridgehead atoms. The molecule has 1 aliphatic rings. The van der Waals surface area contributed by atoms with E-state index in [0.29, 0.717) is 10.4 Å². The molecule has 1 fully saturated rings. The minimum atomic E-state index is -1.65. The van der Waals surface area contributed by atoms with E-state index in [-0.39, 0.29) is 18.9 Å². The third-order valence-electron chi connectivity index (χ3n) is 5.61. The van der Waals surface area contributed by atoms with Gasteiger partial charge >= 0.3 is 12.0 Å². The Morgan fingerprint density at radius 1 is 1.17 bits per heavy atom. The van der Waals surface area contributed by atoms with E-state index in [2.05, 4.69) is 0 Å². The van der Waals surface area contributed by atoms with Gasteiger partial charge in [-0.2, -0.15) is 0 Å². The first kappa shape index (κ1) is 22.7. The summed E-state index contributed by atoms with van der Waals surface area (Å²) in [5.74, 6) is -3.09. The number of carboxylic acid groups (broad SMARTS) is 1. The highest BCUT2D eigenvalue weighted by molar-refractivity contribution is 7.81. The van der Waals surface area contributed by atoms with Crippen molar-refractivity contribution < 1.29 is 24.3 Å². The highest BCUT2D eigenvalue weighted by Crippen LogP contribution is 2.30. The van der Waals surface area contributed by atoms with Gasteiger partial charge in [-0.05, 0) is 39.7 Å². The molecule has 1 atom stereocenters. The van der Waals surface area contributed by atoms with Crippen LogP contribution in [-0.4, -0.2) is 62.6 Å². The molecule has 7 nitrogen and oxygen atoms in total. The number of hydrogen-bond acceptors (Lipinski definition) is 5. The Labute approximate surface area is 175 Å². The monoisotopic (exact) mass is 418 g/mol. The second kappa shape index (κ2) is 8.02. The lowest BCUT2D eigenvalue weighted by Crippen LogP contribution is -2.43. The summed E-state index contributed by atoms with van der Waals surface area (Å²) in [7, 11) is 1.55. The number of benzene rings is 1. The number of thiocarbonyl (C=S) groups is 1. The molecule has 1 aliphatic heterocycles. The van der Waals surface area contributed by atoms with Crippen LogP contribution < -0.4 is 0 Å². The second-order valence-corrected chi connectivity index (χ2v) is 8.66. The number of ketones is 1. The van der Waals surface area contributed by atoms with E-state index in [9.17, 15) is 24.3 Å². The molecule has 1 heterocycles. The first-order chi connectivity index (χ1) is 13.3. The van der Waals surface area contributed by atoms with Crippen molar-refractivity contribution in [3.8, 4) is 0 Å². The molecule has 29 heavy (non-hydrogen) atoms. The third-order valence-corrected chi connectivity index (χ3v) is 6.13. The normalized spacial score (nSPS) is 17.4. The average molecular weight is 419 g/mol. The molecule has 2 rings (SSSR count). The Bertz CT molecular complexity index is 863. The van der Waals surface area contributed by atoms with Crippen LogP contribution >= 0.6 is 12.2 Å². The summed E-state index contributed by atoms with van der Waals surface area (Å²) in [6, 6.07) is 8.41. The van der Waals surface area contributed by atoms with Gasteiger partial charge in [-0.1, -0.05) is 42.5 Å². The Kier molecular flexibility index (Phi) is 6.27. The maximum Gasteiger partial charge on any atom is 0.327 e. The fourth-order valence-electron chi connectivity index (χ4n) is 3.16. The van der Waals surface area contributed by atoms with Crippen molar-refractivity contribution in [2.24, 2.45) is 11.3 Å². The first-order valence-electron chi connectivity index (χ1n) is 9.30. The summed E-state index contributed by atoms with van der Waals surface area (Å²) in [4.78, 5) is 52.6. The van der Waals surface area contributed by atoms with Crippen molar-refractivity contribution in [3.63, 3.8) is 0 Å². The lowest BCUT2D eigenvalue weighted by atomic mass is 9.77. The summed E-state index contributed by atoms with van der Waals surface area (Å²) < 4.78 is 0. The Hall–Kier alpha value is -2.61. The molecule has 1 N–H and O–H groups in total. The number of likely N-dealkylation sites (N-methyl/N-ethyl adjacent to an activating group) is 1. The van der Waals surface area contributed by atoms with Gasteiger partial charge < -0.3 is 10.0 Å². The van der Waals surface area contributed by atoms with E-state index in [1.165, 1.54) is 18.7 Å². The molecule has 0 aliphatic carbocycles. The lowest BCUT2D eigenvalue weighted by molar-refractivity contribution is -0.153. The molecular formula is C21H26N2O5S. The maximum atomic E-state index is 13.1. The predicted octanol–water partition coefficient (Wildman–Crippen LogP) is 2.76. The van der Waals surface area contributed by atoms with Gasteiger partial charge in [0.25, 0.3) is 5.91 Å². The highest BCUT2D eigenvalue weighted by Gasteiger charge is 2.49. The zero-order valence-corrected chi connectivity index (χ0v) is 18.1. The smallest absolute Gasteiger partial charge is 0.327 e. The van der Waals surface area contributed by atoms with Gasteiger partial charge in [0.2, 0.25) is 0 Å². The molecule has 1 saturated heterocycles. The Morgan fingerprint density at radius 2 is 1.72 bits per heavy atom. The van der Waals surface area contributed by atoms with Gasteiger partial charge in [-0.15, -0.1) is 0 Å². The standard InChI is InChI=1S/C21H26N2O5S/c1-20(2,18(26)27)16(24)14(15(29)13-9-7-6-8-10-13)11-12-23-17(25)21(3,4)22(5)19(23)28/h6-10,14H,11-12H2,1-5H3,(H,26,27). The number of carboxylic acids is 1. The number of hydrogen-bond donors (Lipinski definition) is 1. The molecule has 0 saturated carbocycles. The van der Waals surface area contributed by atoms with E-state index >= 15 is 0 Å². The molecule has 1 unspecified atom stereocenters. The fourth-order valence-corrected chi connectivity index (χ4v) is 3.52. The summed E-state index contributed by atoms with van der Waals surface area (Å²) >= 11 is 5.53. The largest absolute Gasteiger partial charge is 0.481 e. The van der Waals surface area contributed by atoms with Gasteiger partial charge in [0, 0.05) is 18.5 Å². The second-order valence-electron chi connectivity index (χ2n) is 8.22. The molecular weight excluding hydrogens is 392 g/mol. The van der Waals surface area contributed by atoms with Crippen molar-refractivity contribution in [1.29, 1.82) is 0 Å². The number of amides is 3. The Balaban J connectivity index is 2.33. The van der Waals surface area contributed by atoms with E-state index < -0.39 is 34.7 Å². The van der Waals surface area contributed by atoms with Crippen LogP contribution in [0.15, 0.2) is 30.3 Å². The number of urea groups is 1. The summed E-state index contributed by atoms with van der Waals surface area (Å²) in [6.07, 6.45) is 0.0602. The van der Waals surface area contributed by atoms with Crippen LogP contribution in [0.1, 0.15) is 39.7 Å². The highest BCUT2D eigenvalue weighted by atomic mass is 32.1. The van der Waals surface area contributed by atoms with E-state index in [1.807, 2.05) is 6.07 Å². The van der Waals surface area contributed by atoms with Gasteiger partial charge in [0.1, 0.15) is 11.0 Å². The van der Waals surface area contributed by atoms with Crippen LogP contribution in [0.4, 0.5) is 4.79 Å². The van der Waals surface area contributed by atoms with Crippen molar-refractivity contribution >= 4 is 40.8 Å². The summed E-state index contributed by atoms with van der Waals surface area (Å²) in [5.41, 5.74) is -1.99. The van der Waals surface area contributed by atoms with Gasteiger partial charge in [-0.25, -0.2) is 4.79 Å². The molecule has 156 valence electrons. The number of aliphatic carboxylic acids is 1. The molecule has 0 aromatic heterocycles. The maximum absolute atomic E-state index is 13.1. The van der Waals surface area contributed by atoms with Crippen LogP contribution in [-0.2, 0) is 14.4 Å². The molecule has 8 heteroatoms. The minimum Gasteiger partial charge on any atom is -0.481 e. The van der Waals surface area contributed by atoms with Crippen LogP contribution in [0.3, 0.4) is 0 Å². The first-order valence-corrected chi connectivity index (χ1v) is 9.71. The van der Waals surface area contributed by atoms with Crippen LogP contribution in [0.5, 0.6) is 0 Å². The van der Waals surface area contributed by atoms with Crippen molar-refractivity contribution in [3.05, 3.63) is 35.9 Å². The minimum absolute atomic E-state index is 0.0233. The van der Waals surface area contributed by atoms with Gasteiger partial charge in [-0.3, -0.25) is 19.3 Å². The topological polar surface area (TPSA) is 95.0 Å². The van der Waals surface area contributed by atoms with Gasteiger partial charge in [0.15, 0.2) is 5.78 Å². The molecule has 0 radical (unpaired) electrons. The van der Waals surface area contributed by atoms with Crippen LogP contribution in [0, 0.1) is 11.3 Å². The van der Waals surface area contributed by atoms with Crippen molar-refractivity contribution in [1.82, 2.24) is 9.80 Å². The van der Waals surface area contributed by atoms with Crippen LogP contribution in [0.25, 0.3) is 0 Å². The number of carbonyl (C=O) groups is 4. The zero-order chi connectivity index (χ0) is 22.1. The molecule has 1 aromatic rings. The van der Waals surface area contributed by atoms with Crippen molar-refractivity contribution in [2.75, 3.05) is 13.6 Å². The van der Waals surface area contributed by atoms with Gasteiger partial charge in [0.05, 0.1) is 5.92 Å². The number of imide groups is 1. The Morgan fingerprint density at radius 3 is 2.17 bits per heavy atom. The van der Waals surface area contributed by atoms with Crippen molar-refractivity contribution in [2.45, 2.75) is 39.7 Å². The van der Waals surface area contributed by atoms with Crippen LogP contribution in [0.2, 0.25) is 0 Å². The summed E-state index contributed by atoms with van der Waals surface area (Å²) in [5, 5.41) is 9.49. The number of carbonyl (C=O) groups excluding carboxylic acids is 3. The number of rotatable bonds is 8. The lowest BCUT2D eigenvalue weighted by Gasteiger charge is -2.26. The molecule has 3 amide bonds. The fraction of sp³-hybridized carbons (Fsp3) is 0.476. The van der Waals surface area contributed by atoms with E-state index in [0.717, 1.165) is 4.90 Å². The average Bonchev–Trinajstić information content (AvgIpc) is 2.82. The van der Waals surface area contributed by atoms with E-state index in [1.54, 1.807) is 45.2 Å². The van der Waals surface area contributed by atoms with E-state index in [4.69, 9.17) is 12.2 Å². The quantitative estimate of drug-likeness (QED) is 0.302. The number of Topliss-reactive ketones (excluding diaryl/α,β-unsaturated/α-hetero) is 1.